The van der Waals surface area contributed by atoms with E-state index in [1.807, 2.05) is 36.4 Å². The number of carbonyl (C=O) groups is 3. The van der Waals surface area contributed by atoms with Crippen LogP contribution in [0.3, 0.4) is 0 Å². The highest BCUT2D eigenvalue weighted by Crippen LogP contribution is 2.44. The topological polar surface area (TPSA) is 105 Å². The highest BCUT2D eigenvalue weighted by molar-refractivity contribution is 6.03. The number of anilines is 1. The number of amides is 2. The molecular formula is C27H26N2O5. The number of rotatable bonds is 7. The van der Waals surface area contributed by atoms with Crippen LogP contribution < -0.4 is 10.6 Å². The standard InChI is InChI=1S/C27H26N2O5/c1-3-22(25(30)28-23-14-8-9-16(2)24(23)26(31)32)29-27(33)34-15-21-19-12-6-4-10-17(19)18-11-5-7-13-20(18)21/h4-14,21-22H,3,15H2,1-2H3,(H,28,30)(H,29,33)(H,31,32)/t22-/m1/s1. The van der Waals surface area contributed by atoms with Gasteiger partial charge in [0.2, 0.25) is 5.91 Å². The van der Waals surface area contributed by atoms with E-state index in [-0.39, 0.29) is 23.8 Å². The molecule has 4 rings (SSSR count). The monoisotopic (exact) mass is 458 g/mol. The van der Waals surface area contributed by atoms with Crippen LogP contribution in [0.5, 0.6) is 0 Å². The van der Waals surface area contributed by atoms with Gasteiger partial charge < -0.3 is 20.5 Å². The van der Waals surface area contributed by atoms with Gasteiger partial charge in [-0.25, -0.2) is 9.59 Å². The fourth-order valence-electron chi connectivity index (χ4n) is 4.41. The lowest BCUT2D eigenvalue weighted by molar-refractivity contribution is -0.118. The largest absolute Gasteiger partial charge is 0.478 e. The summed E-state index contributed by atoms with van der Waals surface area (Å²) in [6, 6.07) is 20.1. The Bertz CT molecular complexity index is 1210. The summed E-state index contributed by atoms with van der Waals surface area (Å²) in [6.45, 7) is 3.55. The van der Waals surface area contributed by atoms with Gasteiger partial charge in [-0.05, 0) is 47.2 Å². The average molecular weight is 459 g/mol. The van der Waals surface area contributed by atoms with Crippen LogP contribution in [0.25, 0.3) is 11.1 Å². The predicted octanol–water partition coefficient (Wildman–Crippen LogP) is 4.95. The molecule has 0 bridgehead atoms. The van der Waals surface area contributed by atoms with Crippen molar-refractivity contribution in [3.05, 3.63) is 89.0 Å². The van der Waals surface area contributed by atoms with Crippen LogP contribution in [0, 0.1) is 6.92 Å². The Balaban J connectivity index is 1.42. The van der Waals surface area contributed by atoms with E-state index >= 15 is 0 Å². The number of carboxylic acid groups (broad SMARTS) is 1. The minimum Gasteiger partial charge on any atom is -0.478 e. The van der Waals surface area contributed by atoms with Crippen molar-refractivity contribution in [2.45, 2.75) is 32.2 Å². The number of benzene rings is 3. The minimum absolute atomic E-state index is 0.0202. The summed E-state index contributed by atoms with van der Waals surface area (Å²) in [6.07, 6.45) is -0.392. The molecule has 7 heteroatoms. The van der Waals surface area contributed by atoms with E-state index in [9.17, 15) is 19.5 Å². The molecule has 34 heavy (non-hydrogen) atoms. The number of carbonyl (C=O) groups excluding carboxylic acids is 2. The maximum atomic E-state index is 12.8. The van der Waals surface area contributed by atoms with E-state index in [1.54, 1.807) is 26.0 Å². The molecule has 3 N–H and O–H groups in total. The molecule has 174 valence electrons. The number of fused-ring (bicyclic) bond motifs is 3. The number of aromatic carboxylic acids is 1. The van der Waals surface area contributed by atoms with Gasteiger partial charge in [0.05, 0.1) is 11.3 Å². The average Bonchev–Trinajstić information content (AvgIpc) is 3.14. The van der Waals surface area contributed by atoms with Crippen molar-refractivity contribution < 1.29 is 24.2 Å². The highest BCUT2D eigenvalue weighted by Gasteiger charge is 2.29. The van der Waals surface area contributed by atoms with Gasteiger partial charge >= 0.3 is 12.1 Å². The van der Waals surface area contributed by atoms with Gasteiger partial charge in [0.1, 0.15) is 12.6 Å². The van der Waals surface area contributed by atoms with E-state index in [2.05, 4.69) is 22.8 Å². The molecule has 2 amide bonds. The van der Waals surface area contributed by atoms with Crippen molar-refractivity contribution in [2.75, 3.05) is 11.9 Å². The number of aryl methyl sites for hydroxylation is 1. The Morgan fingerprint density at radius 1 is 0.941 bits per heavy atom. The molecule has 3 aromatic rings. The number of hydrogen-bond donors (Lipinski definition) is 3. The van der Waals surface area contributed by atoms with Gasteiger partial charge in [-0.3, -0.25) is 4.79 Å². The Morgan fingerprint density at radius 3 is 2.15 bits per heavy atom. The quantitative estimate of drug-likeness (QED) is 0.465. The lowest BCUT2D eigenvalue weighted by atomic mass is 9.98. The number of hydrogen-bond acceptors (Lipinski definition) is 4. The molecule has 0 unspecified atom stereocenters. The van der Waals surface area contributed by atoms with Crippen molar-refractivity contribution in [3.8, 4) is 11.1 Å². The van der Waals surface area contributed by atoms with Crippen molar-refractivity contribution in [1.82, 2.24) is 5.32 Å². The number of nitrogens with one attached hydrogen (secondary N) is 2. The maximum Gasteiger partial charge on any atom is 0.407 e. The Labute approximate surface area is 197 Å². The first-order valence-corrected chi connectivity index (χ1v) is 11.2. The summed E-state index contributed by atoms with van der Waals surface area (Å²) in [5, 5.41) is 14.7. The fourth-order valence-corrected chi connectivity index (χ4v) is 4.41. The second-order valence-corrected chi connectivity index (χ2v) is 8.22. The third kappa shape index (κ3) is 4.50. The van der Waals surface area contributed by atoms with E-state index < -0.39 is 24.0 Å². The first kappa shape index (κ1) is 23.0. The SMILES string of the molecule is CC[C@@H](NC(=O)OCC1c2ccccc2-c2ccccc21)C(=O)Nc1cccc(C)c1C(=O)O. The summed E-state index contributed by atoms with van der Waals surface area (Å²) >= 11 is 0. The molecule has 0 heterocycles. The third-order valence-corrected chi connectivity index (χ3v) is 6.11. The number of ether oxygens (including phenoxy) is 1. The highest BCUT2D eigenvalue weighted by atomic mass is 16.5. The molecule has 7 nitrogen and oxygen atoms in total. The van der Waals surface area contributed by atoms with Crippen LogP contribution in [0.2, 0.25) is 0 Å². The van der Waals surface area contributed by atoms with Crippen LogP contribution in [0.15, 0.2) is 66.7 Å². The molecule has 1 atom stereocenters. The van der Waals surface area contributed by atoms with Gasteiger partial charge in [0.15, 0.2) is 0 Å². The van der Waals surface area contributed by atoms with Crippen LogP contribution >= 0.6 is 0 Å². The summed E-state index contributed by atoms with van der Waals surface area (Å²) in [5.74, 6) is -1.73. The van der Waals surface area contributed by atoms with Crippen molar-refractivity contribution in [3.63, 3.8) is 0 Å². The molecule has 0 radical (unpaired) electrons. The van der Waals surface area contributed by atoms with Gasteiger partial charge in [-0.2, -0.15) is 0 Å². The van der Waals surface area contributed by atoms with Crippen LogP contribution in [0.1, 0.15) is 46.3 Å². The lowest BCUT2D eigenvalue weighted by Crippen LogP contribution is -2.44. The smallest absolute Gasteiger partial charge is 0.407 e. The summed E-state index contributed by atoms with van der Waals surface area (Å²) in [4.78, 5) is 36.9. The molecule has 0 fully saturated rings. The number of alkyl carbamates (subject to hydrolysis) is 1. The van der Waals surface area contributed by atoms with Gasteiger partial charge in [0, 0.05) is 5.92 Å². The van der Waals surface area contributed by atoms with Crippen LogP contribution in [0.4, 0.5) is 10.5 Å². The molecule has 0 saturated carbocycles. The molecule has 1 aliphatic carbocycles. The van der Waals surface area contributed by atoms with E-state index in [0.29, 0.717) is 12.0 Å². The zero-order chi connectivity index (χ0) is 24.2. The summed E-state index contributed by atoms with van der Waals surface area (Å²) in [7, 11) is 0. The van der Waals surface area contributed by atoms with E-state index in [0.717, 1.165) is 22.3 Å². The minimum atomic E-state index is -1.13. The van der Waals surface area contributed by atoms with Gasteiger partial charge in [0.25, 0.3) is 0 Å². The second kappa shape index (κ2) is 9.79. The lowest BCUT2D eigenvalue weighted by Gasteiger charge is -2.19. The first-order chi connectivity index (χ1) is 16.4. The Kier molecular flexibility index (Phi) is 6.63. The molecule has 0 aromatic heterocycles. The zero-order valence-electron chi connectivity index (χ0n) is 19.0. The van der Waals surface area contributed by atoms with Crippen LogP contribution in [-0.4, -0.2) is 35.7 Å². The molecule has 0 aliphatic heterocycles. The molecule has 0 saturated heterocycles. The molecular weight excluding hydrogens is 432 g/mol. The fraction of sp³-hybridized carbons (Fsp3) is 0.222. The van der Waals surface area contributed by atoms with Crippen LogP contribution in [-0.2, 0) is 9.53 Å². The van der Waals surface area contributed by atoms with E-state index in [1.165, 1.54) is 6.07 Å². The third-order valence-electron chi connectivity index (χ3n) is 6.11. The summed E-state index contributed by atoms with van der Waals surface area (Å²) in [5.41, 5.74) is 5.19. The maximum absolute atomic E-state index is 12.8. The zero-order valence-corrected chi connectivity index (χ0v) is 19.0. The van der Waals surface area contributed by atoms with Gasteiger partial charge in [-0.1, -0.05) is 67.6 Å². The van der Waals surface area contributed by atoms with E-state index in [4.69, 9.17) is 4.74 Å². The predicted molar refractivity (Wildman–Crippen MR) is 129 cm³/mol. The number of carboxylic acids is 1. The van der Waals surface area contributed by atoms with Gasteiger partial charge in [-0.15, -0.1) is 0 Å². The van der Waals surface area contributed by atoms with Crippen molar-refractivity contribution in [2.24, 2.45) is 0 Å². The first-order valence-electron chi connectivity index (χ1n) is 11.2. The molecule has 0 spiro atoms. The molecule has 3 aromatic carbocycles. The Morgan fingerprint density at radius 2 is 1.56 bits per heavy atom. The summed E-state index contributed by atoms with van der Waals surface area (Å²) < 4.78 is 5.53. The van der Waals surface area contributed by atoms with Crippen molar-refractivity contribution >= 4 is 23.7 Å². The van der Waals surface area contributed by atoms with Crippen molar-refractivity contribution in [1.29, 1.82) is 0 Å². The normalized spacial score (nSPS) is 12.9. The molecule has 1 aliphatic rings. The Hall–Kier alpha value is -4.13. The second-order valence-electron chi connectivity index (χ2n) is 8.22.